The quantitative estimate of drug-likeness (QED) is 0.745. The summed E-state index contributed by atoms with van der Waals surface area (Å²) >= 11 is 1.76. The lowest BCUT2D eigenvalue weighted by atomic mass is 10.2. The van der Waals surface area contributed by atoms with Crippen LogP contribution >= 0.6 is 11.3 Å². The molecule has 2 aromatic heterocycles. The van der Waals surface area contributed by atoms with Crippen molar-refractivity contribution in [2.45, 2.75) is 30.7 Å². The summed E-state index contributed by atoms with van der Waals surface area (Å²) in [5, 5.41) is 9.60. The molecule has 0 saturated heterocycles. The minimum Gasteiger partial charge on any atom is -0.365 e. The van der Waals surface area contributed by atoms with Gasteiger partial charge in [0, 0.05) is 11.4 Å². The highest BCUT2D eigenvalue weighted by atomic mass is 32.2. The Balaban J connectivity index is 1.59. The van der Waals surface area contributed by atoms with E-state index in [-0.39, 0.29) is 4.90 Å². The molecule has 0 bridgehead atoms. The van der Waals surface area contributed by atoms with Crippen molar-refractivity contribution in [2.24, 2.45) is 5.14 Å². The minimum absolute atomic E-state index is 0.117. The number of thiophene rings is 1. The van der Waals surface area contributed by atoms with Crippen LogP contribution in [0.2, 0.25) is 0 Å². The zero-order chi connectivity index (χ0) is 16.7. The molecule has 0 unspecified atom stereocenters. The Morgan fingerprint density at radius 2 is 1.96 bits per heavy atom. The van der Waals surface area contributed by atoms with Crippen LogP contribution in [-0.4, -0.2) is 18.4 Å². The van der Waals surface area contributed by atoms with Gasteiger partial charge in [-0.2, -0.15) is 0 Å². The molecule has 6 nitrogen and oxygen atoms in total. The molecule has 2 heterocycles. The monoisotopic (exact) mass is 360 g/mol. The van der Waals surface area contributed by atoms with Crippen molar-refractivity contribution in [1.82, 2.24) is 9.97 Å². The summed E-state index contributed by atoms with van der Waals surface area (Å²) in [5.41, 5.74) is 2.34. The van der Waals surface area contributed by atoms with Crippen molar-refractivity contribution in [3.8, 4) is 0 Å². The Bertz CT molecular complexity index is 1010. The van der Waals surface area contributed by atoms with Crippen LogP contribution in [0.3, 0.4) is 0 Å². The third-order valence-corrected chi connectivity index (χ3v) is 6.34. The number of aryl methyl sites for hydroxylation is 2. The maximum Gasteiger partial charge on any atom is 0.238 e. The predicted octanol–water partition coefficient (Wildman–Crippen LogP) is 2.44. The van der Waals surface area contributed by atoms with Gasteiger partial charge in [0.25, 0.3) is 0 Å². The number of aromatic nitrogens is 2. The summed E-state index contributed by atoms with van der Waals surface area (Å²) in [4.78, 5) is 11.4. The van der Waals surface area contributed by atoms with Gasteiger partial charge in [-0.05, 0) is 42.5 Å². The zero-order valence-corrected chi connectivity index (χ0v) is 14.5. The first-order valence-electron chi connectivity index (χ1n) is 7.63. The number of benzene rings is 1. The van der Waals surface area contributed by atoms with E-state index < -0.39 is 10.0 Å². The molecule has 124 valence electrons. The number of anilines is 1. The van der Waals surface area contributed by atoms with Crippen molar-refractivity contribution in [1.29, 1.82) is 0 Å². The summed E-state index contributed by atoms with van der Waals surface area (Å²) in [7, 11) is -3.65. The maximum atomic E-state index is 11.3. The number of primary sulfonamides is 1. The van der Waals surface area contributed by atoms with Crippen LogP contribution < -0.4 is 10.5 Å². The van der Waals surface area contributed by atoms with Crippen molar-refractivity contribution in [2.75, 3.05) is 5.32 Å². The van der Waals surface area contributed by atoms with E-state index in [4.69, 9.17) is 5.14 Å². The highest BCUT2D eigenvalue weighted by molar-refractivity contribution is 7.89. The van der Waals surface area contributed by atoms with E-state index in [0.717, 1.165) is 34.4 Å². The Kier molecular flexibility index (Phi) is 3.75. The van der Waals surface area contributed by atoms with Gasteiger partial charge in [-0.1, -0.05) is 12.1 Å². The second kappa shape index (κ2) is 5.80. The van der Waals surface area contributed by atoms with Gasteiger partial charge in [-0.25, -0.2) is 23.5 Å². The molecule has 1 aliphatic carbocycles. The third kappa shape index (κ3) is 2.77. The standard InChI is InChI=1S/C16H16N4O2S2/c17-24(21,22)11-6-4-10(5-7-11)8-18-15-14-12-2-1-3-13(12)23-16(14)20-9-19-15/h4-7,9H,1-3,8H2,(H2,17,21,22)(H,18,19,20). The summed E-state index contributed by atoms with van der Waals surface area (Å²) in [5.74, 6) is 0.843. The average molecular weight is 360 g/mol. The van der Waals surface area contributed by atoms with Crippen LogP contribution in [0.25, 0.3) is 10.2 Å². The molecular formula is C16H16N4O2S2. The number of hydrogen-bond donors (Lipinski definition) is 2. The number of sulfonamides is 1. The molecule has 1 aliphatic rings. The summed E-state index contributed by atoms with van der Waals surface area (Å²) < 4.78 is 22.6. The van der Waals surface area contributed by atoms with Gasteiger partial charge in [0.05, 0.1) is 10.3 Å². The number of nitrogens with zero attached hydrogens (tertiary/aromatic N) is 2. The van der Waals surface area contributed by atoms with Gasteiger partial charge in [-0.3, -0.25) is 0 Å². The highest BCUT2D eigenvalue weighted by Crippen LogP contribution is 2.39. The van der Waals surface area contributed by atoms with Crippen molar-refractivity contribution >= 4 is 37.4 Å². The van der Waals surface area contributed by atoms with Gasteiger partial charge in [0.2, 0.25) is 10.0 Å². The summed E-state index contributed by atoms with van der Waals surface area (Å²) in [6, 6.07) is 6.54. The molecule has 8 heteroatoms. The molecule has 4 rings (SSSR count). The Hall–Kier alpha value is -2.03. The smallest absolute Gasteiger partial charge is 0.238 e. The van der Waals surface area contributed by atoms with Crippen LogP contribution in [-0.2, 0) is 29.4 Å². The first-order valence-corrected chi connectivity index (χ1v) is 9.99. The van der Waals surface area contributed by atoms with Gasteiger partial charge in [0.1, 0.15) is 17.0 Å². The SMILES string of the molecule is NS(=O)(=O)c1ccc(CNc2ncnc3sc4c(c23)CCC4)cc1. The van der Waals surface area contributed by atoms with Gasteiger partial charge in [0.15, 0.2) is 0 Å². The minimum atomic E-state index is -3.65. The lowest BCUT2D eigenvalue weighted by Crippen LogP contribution is -2.12. The molecule has 0 amide bonds. The lowest BCUT2D eigenvalue weighted by Gasteiger charge is -2.08. The zero-order valence-electron chi connectivity index (χ0n) is 12.8. The second-order valence-corrected chi connectivity index (χ2v) is 8.45. The van der Waals surface area contributed by atoms with E-state index in [1.54, 1.807) is 29.8 Å². The van der Waals surface area contributed by atoms with Crippen LogP contribution in [0.15, 0.2) is 35.5 Å². The van der Waals surface area contributed by atoms with Crippen molar-refractivity contribution < 1.29 is 8.42 Å². The topological polar surface area (TPSA) is 98.0 Å². The molecular weight excluding hydrogens is 344 g/mol. The van der Waals surface area contributed by atoms with Crippen LogP contribution in [0.1, 0.15) is 22.4 Å². The number of rotatable bonds is 4. The molecule has 3 aromatic rings. The van der Waals surface area contributed by atoms with Crippen LogP contribution in [0.5, 0.6) is 0 Å². The fourth-order valence-electron chi connectivity index (χ4n) is 3.05. The largest absolute Gasteiger partial charge is 0.365 e. The summed E-state index contributed by atoms with van der Waals surface area (Å²) in [6.07, 6.45) is 4.99. The molecule has 0 atom stereocenters. The lowest BCUT2D eigenvalue weighted by molar-refractivity contribution is 0.598. The molecule has 1 aromatic carbocycles. The molecule has 0 fully saturated rings. The molecule has 0 spiro atoms. The molecule has 24 heavy (non-hydrogen) atoms. The first-order chi connectivity index (χ1) is 11.5. The molecule has 0 aliphatic heterocycles. The van der Waals surface area contributed by atoms with E-state index in [0.29, 0.717) is 6.54 Å². The third-order valence-electron chi connectivity index (χ3n) is 4.21. The predicted molar refractivity (Wildman–Crippen MR) is 94.6 cm³/mol. The van der Waals surface area contributed by atoms with Crippen molar-refractivity contribution in [3.05, 3.63) is 46.6 Å². The van der Waals surface area contributed by atoms with E-state index in [9.17, 15) is 8.42 Å². The number of nitrogens with one attached hydrogen (secondary N) is 1. The maximum absolute atomic E-state index is 11.3. The Morgan fingerprint density at radius 1 is 1.17 bits per heavy atom. The van der Waals surface area contributed by atoms with Crippen LogP contribution in [0, 0.1) is 0 Å². The Labute approximate surface area is 143 Å². The number of hydrogen-bond acceptors (Lipinski definition) is 6. The molecule has 0 radical (unpaired) electrons. The normalized spacial score (nSPS) is 14.0. The van der Waals surface area contributed by atoms with Crippen molar-refractivity contribution in [3.63, 3.8) is 0 Å². The average Bonchev–Trinajstić information content (AvgIpc) is 3.13. The van der Waals surface area contributed by atoms with E-state index in [1.165, 1.54) is 29.0 Å². The fourth-order valence-corrected chi connectivity index (χ4v) is 4.79. The summed E-state index contributed by atoms with van der Waals surface area (Å²) in [6.45, 7) is 0.557. The Morgan fingerprint density at radius 3 is 2.71 bits per heavy atom. The number of fused-ring (bicyclic) bond motifs is 3. The van der Waals surface area contributed by atoms with Crippen LogP contribution in [0.4, 0.5) is 5.82 Å². The number of nitrogens with two attached hydrogens (primary N) is 1. The first kappa shape index (κ1) is 15.5. The molecule has 0 saturated carbocycles. The second-order valence-electron chi connectivity index (χ2n) is 5.80. The van der Waals surface area contributed by atoms with E-state index >= 15 is 0 Å². The van der Waals surface area contributed by atoms with Gasteiger partial charge >= 0.3 is 0 Å². The fraction of sp³-hybridized carbons (Fsp3) is 0.250. The molecule has 3 N–H and O–H groups in total. The highest BCUT2D eigenvalue weighted by Gasteiger charge is 2.21. The van der Waals surface area contributed by atoms with E-state index in [2.05, 4.69) is 15.3 Å². The van der Waals surface area contributed by atoms with Gasteiger partial charge in [-0.15, -0.1) is 11.3 Å². The van der Waals surface area contributed by atoms with E-state index in [1.807, 2.05) is 0 Å². The van der Waals surface area contributed by atoms with Gasteiger partial charge < -0.3 is 5.32 Å².